The van der Waals surface area contributed by atoms with Crippen LogP contribution < -0.4 is 0 Å². The molecule has 3 N–H and O–H groups in total. The van der Waals surface area contributed by atoms with E-state index >= 15 is 0 Å². The van der Waals surface area contributed by atoms with Gasteiger partial charge in [-0.3, -0.25) is 9.59 Å². The van der Waals surface area contributed by atoms with Crippen LogP contribution >= 0.6 is 10.9 Å². The van der Waals surface area contributed by atoms with E-state index < -0.39 is 34.5 Å². The summed E-state index contributed by atoms with van der Waals surface area (Å²) in [5.74, 6) is -1.13. The summed E-state index contributed by atoms with van der Waals surface area (Å²) in [5.41, 5.74) is 0. The van der Waals surface area contributed by atoms with Crippen molar-refractivity contribution in [1.82, 2.24) is 0 Å². The van der Waals surface area contributed by atoms with Crippen LogP contribution in [0.1, 0.15) is 47.0 Å². The van der Waals surface area contributed by atoms with Crippen molar-refractivity contribution in [1.29, 1.82) is 0 Å². The molecule has 0 amide bonds. The first-order valence-corrected chi connectivity index (χ1v) is 8.92. The molecule has 0 saturated heterocycles. The lowest BCUT2D eigenvalue weighted by molar-refractivity contribution is -0.150. The third kappa shape index (κ3) is 9.99. The average molecular weight is 340 g/mol. The quantitative estimate of drug-likeness (QED) is 0.523. The minimum Gasteiger partial charge on any atom is -0.466 e. The number of rotatable bonds is 10. The maximum absolute atomic E-state index is 11.8. The molecule has 1 atom stereocenters. The smallest absolute Gasteiger partial charge is 0.324 e. The Morgan fingerprint density at radius 3 is 1.77 bits per heavy atom. The molecule has 1 unspecified atom stereocenters. The first-order valence-electron chi connectivity index (χ1n) is 7.35. The number of carbonyl (C=O) groups excluding carboxylic acids is 2. The van der Waals surface area contributed by atoms with Crippen molar-refractivity contribution >= 4 is 22.8 Å². The van der Waals surface area contributed by atoms with Crippen LogP contribution in [-0.2, 0) is 19.1 Å². The summed E-state index contributed by atoms with van der Waals surface area (Å²) < 4.78 is 37.7. The number of esters is 2. The molecule has 0 rings (SSSR count). The van der Waals surface area contributed by atoms with Gasteiger partial charge in [0.1, 0.15) is 0 Å². The van der Waals surface area contributed by atoms with Crippen LogP contribution in [0, 0.1) is 11.8 Å². The Bertz CT molecular complexity index is 350. The summed E-state index contributed by atoms with van der Waals surface area (Å²) in [6.07, 6.45) is 0.629. The fraction of sp³-hybridized carbons (Fsp3) is 0.857. The van der Waals surface area contributed by atoms with Crippen LogP contribution in [0.2, 0.25) is 0 Å². The second-order valence-corrected chi connectivity index (χ2v) is 7.70. The summed E-state index contributed by atoms with van der Waals surface area (Å²) in [4.78, 5) is 23.4. The zero-order chi connectivity index (χ0) is 17.3. The Kier molecular flexibility index (Phi) is 9.66. The molecule has 0 aromatic carbocycles. The van der Waals surface area contributed by atoms with E-state index in [1.807, 2.05) is 27.7 Å². The molecule has 0 aliphatic carbocycles. The third-order valence-corrected chi connectivity index (χ3v) is 4.02. The van der Waals surface area contributed by atoms with Gasteiger partial charge in [-0.1, -0.05) is 27.7 Å². The summed E-state index contributed by atoms with van der Waals surface area (Å²) in [7, 11) is -4.23. The first-order chi connectivity index (χ1) is 10.0. The van der Waals surface area contributed by atoms with E-state index in [4.69, 9.17) is 9.47 Å². The van der Waals surface area contributed by atoms with Gasteiger partial charge in [0.05, 0.1) is 30.5 Å². The van der Waals surface area contributed by atoms with Crippen LogP contribution in [0.5, 0.6) is 0 Å². The van der Waals surface area contributed by atoms with Gasteiger partial charge in [-0.05, 0) is 24.7 Å². The van der Waals surface area contributed by atoms with E-state index in [0.29, 0.717) is 24.7 Å². The molecule has 0 aromatic heterocycles. The van der Waals surface area contributed by atoms with Crippen LogP contribution in [0.15, 0.2) is 0 Å². The van der Waals surface area contributed by atoms with Crippen molar-refractivity contribution in [3.63, 3.8) is 0 Å². The summed E-state index contributed by atoms with van der Waals surface area (Å²) in [6, 6.07) is 0. The topological polar surface area (TPSA) is 113 Å². The van der Waals surface area contributed by atoms with Gasteiger partial charge >= 0.3 is 11.9 Å². The van der Waals surface area contributed by atoms with Crippen LogP contribution in [0.4, 0.5) is 0 Å². The molecule has 0 fully saturated rings. The zero-order valence-electron chi connectivity index (χ0n) is 13.7. The van der Waals surface area contributed by atoms with Crippen LogP contribution in [-0.4, -0.2) is 44.1 Å². The summed E-state index contributed by atoms with van der Waals surface area (Å²) in [6.45, 7) is 8.08. The standard InChI is InChI=1S/C14H28O7S/c1-10(2)5-7-20-13(15)9-12(22(17,18)19)14(16)21-8-6-11(3)4/h10-12,17-19H,5-9H2,1-4H3. The monoisotopic (exact) mass is 340 g/mol. The number of hydrogen-bond acceptors (Lipinski definition) is 7. The fourth-order valence-electron chi connectivity index (χ4n) is 1.43. The average Bonchev–Trinajstić information content (AvgIpc) is 2.33. The molecule has 7 nitrogen and oxygen atoms in total. The molecule has 0 aromatic rings. The highest BCUT2D eigenvalue weighted by molar-refractivity contribution is 8.20. The summed E-state index contributed by atoms with van der Waals surface area (Å²) in [5, 5.41) is -1.72. The van der Waals surface area contributed by atoms with E-state index in [2.05, 4.69) is 0 Å². The molecular formula is C14H28O7S. The van der Waals surface area contributed by atoms with Crippen molar-refractivity contribution < 1.29 is 32.7 Å². The Morgan fingerprint density at radius 2 is 1.36 bits per heavy atom. The zero-order valence-corrected chi connectivity index (χ0v) is 14.5. The van der Waals surface area contributed by atoms with Crippen LogP contribution in [0.25, 0.3) is 0 Å². The lowest BCUT2D eigenvalue weighted by Gasteiger charge is -2.27. The van der Waals surface area contributed by atoms with Gasteiger partial charge in [-0.25, -0.2) is 0 Å². The molecule has 0 heterocycles. The molecule has 0 spiro atoms. The molecule has 22 heavy (non-hydrogen) atoms. The maximum atomic E-state index is 11.8. The molecule has 0 saturated carbocycles. The Balaban J connectivity index is 4.46. The van der Waals surface area contributed by atoms with Gasteiger partial charge in [0, 0.05) is 0 Å². The van der Waals surface area contributed by atoms with Crippen LogP contribution in [0.3, 0.4) is 0 Å². The molecular weight excluding hydrogens is 312 g/mol. The van der Waals surface area contributed by atoms with Gasteiger partial charge in [-0.2, -0.15) is 0 Å². The molecule has 8 heteroatoms. The van der Waals surface area contributed by atoms with E-state index in [1.54, 1.807) is 0 Å². The van der Waals surface area contributed by atoms with Crippen molar-refractivity contribution in [3.05, 3.63) is 0 Å². The maximum Gasteiger partial charge on any atom is 0.324 e. The van der Waals surface area contributed by atoms with Crippen molar-refractivity contribution in [2.75, 3.05) is 13.2 Å². The van der Waals surface area contributed by atoms with Gasteiger partial charge in [0.15, 0.2) is 5.25 Å². The Hall–Kier alpha value is -0.830. The van der Waals surface area contributed by atoms with Gasteiger partial charge in [-0.15, -0.1) is 0 Å². The Morgan fingerprint density at radius 1 is 0.909 bits per heavy atom. The fourth-order valence-corrected chi connectivity index (χ4v) is 2.12. The number of carbonyl (C=O) groups is 2. The van der Waals surface area contributed by atoms with E-state index in [0.717, 1.165) is 0 Å². The minimum atomic E-state index is -4.23. The highest BCUT2D eigenvalue weighted by atomic mass is 32.3. The highest BCUT2D eigenvalue weighted by Crippen LogP contribution is 2.41. The molecule has 0 aliphatic heterocycles. The molecule has 0 aliphatic rings. The van der Waals surface area contributed by atoms with Gasteiger partial charge in [0.2, 0.25) is 0 Å². The van der Waals surface area contributed by atoms with E-state index in [-0.39, 0.29) is 13.2 Å². The minimum absolute atomic E-state index is 0.0882. The van der Waals surface area contributed by atoms with Crippen molar-refractivity contribution in [3.8, 4) is 0 Å². The van der Waals surface area contributed by atoms with E-state index in [1.165, 1.54) is 0 Å². The first kappa shape index (κ1) is 21.2. The number of hydrogen-bond donors (Lipinski definition) is 3. The molecule has 132 valence electrons. The SMILES string of the molecule is CC(C)CCOC(=O)CC(C(=O)OCCC(C)C)S(O)(O)O. The number of ether oxygens (including phenoxy) is 2. The third-order valence-electron chi connectivity index (χ3n) is 2.89. The predicted octanol–water partition coefficient (Wildman–Crippen LogP) is 3.15. The molecule has 0 bridgehead atoms. The van der Waals surface area contributed by atoms with Crippen molar-refractivity contribution in [2.24, 2.45) is 11.8 Å². The lowest BCUT2D eigenvalue weighted by Crippen LogP contribution is -2.32. The Labute approximate surface area is 133 Å². The normalized spacial score (nSPS) is 14.0. The molecule has 0 radical (unpaired) electrons. The van der Waals surface area contributed by atoms with Gasteiger partial charge in [0.25, 0.3) is 0 Å². The highest BCUT2D eigenvalue weighted by Gasteiger charge is 2.38. The van der Waals surface area contributed by atoms with Crippen molar-refractivity contribution in [2.45, 2.75) is 52.2 Å². The second-order valence-electron chi connectivity index (χ2n) is 6.01. The predicted molar refractivity (Wildman–Crippen MR) is 84.7 cm³/mol. The lowest BCUT2D eigenvalue weighted by atomic mass is 10.1. The summed E-state index contributed by atoms with van der Waals surface area (Å²) >= 11 is 0. The second kappa shape index (κ2) is 10.0. The largest absolute Gasteiger partial charge is 0.466 e. The van der Waals surface area contributed by atoms with Gasteiger partial charge < -0.3 is 23.1 Å². The van der Waals surface area contributed by atoms with E-state index in [9.17, 15) is 23.2 Å².